The van der Waals surface area contributed by atoms with Crippen molar-refractivity contribution in [1.29, 1.82) is 0 Å². The molecule has 0 spiro atoms. The van der Waals surface area contributed by atoms with E-state index in [1.165, 1.54) is 17.8 Å². The molecule has 0 aromatic rings. The van der Waals surface area contributed by atoms with Gasteiger partial charge in [-0.3, -0.25) is 0 Å². The lowest BCUT2D eigenvalue weighted by Gasteiger charge is -2.25. The number of rotatable bonds is 1. The van der Waals surface area contributed by atoms with E-state index >= 15 is 0 Å². The highest BCUT2D eigenvalue weighted by Crippen LogP contribution is 2.41. The minimum atomic E-state index is -4.35. The molecule has 1 unspecified atom stereocenters. The van der Waals surface area contributed by atoms with Gasteiger partial charge in [-0.15, -0.1) is 11.8 Å². The Labute approximate surface area is 88.7 Å². The molecular formula is C10H8F4S. The standard InChI is InChI=1S/C10H8F4S/c11-9-2-6(7-4-15-5-7)1-8(3-9)10(12,13)14/h2-4,8H,1,5H2. The van der Waals surface area contributed by atoms with Gasteiger partial charge in [0.15, 0.2) is 0 Å². The van der Waals surface area contributed by atoms with Gasteiger partial charge in [0.2, 0.25) is 0 Å². The fraction of sp³-hybridized carbons (Fsp3) is 0.400. The molecule has 2 aliphatic rings. The molecule has 0 amide bonds. The van der Waals surface area contributed by atoms with Gasteiger partial charge in [-0.2, -0.15) is 13.2 Å². The molecule has 5 heteroatoms. The highest BCUT2D eigenvalue weighted by molar-refractivity contribution is 8.03. The summed E-state index contributed by atoms with van der Waals surface area (Å²) >= 11 is 1.52. The van der Waals surface area contributed by atoms with E-state index in [9.17, 15) is 17.6 Å². The van der Waals surface area contributed by atoms with Gasteiger partial charge < -0.3 is 0 Å². The first-order chi connectivity index (χ1) is 6.97. The second-order valence-corrected chi connectivity index (χ2v) is 4.39. The molecule has 0 N–H and O–H groups in total. The monoisotopic (exact) mass is 236 g/mol. The third-order valence-electron chi connectivity index (χ3n) is 2.41. The fourth-order valence-corrected chi connectivity index (χ4v) is 2.20. The van der Waals surface area contributed by atoms with Crippen LogP contribution in [-0.2, 0) is 0 Å². The largest absolute Gasteiger partial charge is 0.395 e. The Hall–Kier alpha value is -0.710. The average molecular weight is 236 g/mol. The molecule has 0 nitrogen and oxygen atoms in total. The lowest BCUT2D eigenvalue weighted by molar-refractivity contribution is -0.161. The molecule has 0 radical (unpaired) electrons. The molecule has 0 aromatic heterocycles. The summed E-state index contributed by atoms with van der Waals surface area (Å²) in [5.74, 6) is -1.77. The Bertz CT molecular complexity index is 362. The predicted octanol–water partition coefficient (Wildman–Crippen LogP) is 3.98. The zero-order chi connectivity index (χ0) is 11.1. The number of thioether (sulfide) groups is 1. The maximum atomic E-state index is 13.0. The lowest BCUT2D eigenvalue weighted by Crippen LogP contribution is -2.24. The average Bonchev–Trinajstić information content (AvgIpc) is 1.97. The summed E-state index contributed by atoms with van der Waals surface area (Å²) in [6, 6.07) is 0. The lowest BCUT2D eigenvalue weighted by atomic mass is 9.90. The van der Waals surface area contributed by atoms with Crippen LogP contribution in [0, 0.1) is 5.92 Å². The van der Waals surface area contributed by atoms with Crippen molar-refractivity contribution in [2.45, 2.75) is 12.6 Å². The first-order valence-electron chi connectivity index (χ1n) is 4.42. The summed E-state index contributed by atoms with van der Waals surface area (Å²) < 4.78 is 50.2. The first-order valence-corrected chi connectivity index (χ1v) is 5.47. The number of allylic oxidation sites excluding steroid dienone is 4. The molecule has 15 heavy (non-hydrogen) atoms. The Morgan fingerprint density at radius 3 is 2.40 bits per heavy atom. The van der Waals surface area contributed by atoms with Crippen molar-refractivity contribution in [3.05, 3.63) is 34.5 Å². The van der Waals surface area contributed by atoms with E-state index in [0.29, 0.717) is 17.4 Å². The fourth-order valence-electron chi connectivity index (χ4n) is 1.53. The second-order valence-electron chi connectivity index (χ2n) is 3.53. The maximum absolute atomic E-state index is 13.0. The maximum Gasteiger partial charge on any atom is 0.395 e. The van der Waals surface area contributed by atoms with Crippen molar-refractivity contribution in [3.63, 3.8) is 0 Å². The summed E-state index contributed by atoms with van der Waals surface area (Å²) in [5, 5.41) is 1.78. The quantitative estimate of drug-likeness (QED) is 0.620. The Kier molecular flexibility index (Phi) is 2.66. The molecule has 1 atom stereocenters. The van der Waals surface area contributed by atoms with Crippen LogP contribution in [0.5, 0.6) is 0 Å². The molecule has 2 rings (SSSR count). The Balaban J connectivity index is 2.20. The van der Waals surface area contributed by atoms with Crippen LogP contribution in [0.3, 0.4) is 0 Å². The van der Waals surface area contributed by atoms with Crippen molar-refractivity contribution < 1.29 is 17.6 Å². The van der Waals surface area contributed by atoms with Crippen LogP contribution in [-0.4, -0.2) is 11.9 Å². The van der Waals surface area contributed by atoms with E-state index in [-0.39, 0.29) is 6.42 Å². The predicted molar refractivity (Wildman–Crippen MR) is 52.0 cm³/mol. The van der Waals surface area contributed by atoms with Gasteiger partial charge in [-0.25, -0.2) is 4.39 Å². The van der Waals surface area contributed by atoms with E-state index in [1.54, 1.807) is 5.41 Å². The van der Waals surface area contributed by atoms with E-state index in [4.69, 9.17) is 0 Å². The smallest absolute Gasteiger partial charge is 0.207 e. The van der Waals surface area contributed by atoms with Crippen LogP contribution in [0.2, 0.25) is 0 Å². The van der Waals surface area contributed by atoms with Gasteiger partial charge in [0.1, 0.15) is 5.83 Å². The van der Waals surface area contributed by atoms with E-state index in [2.05, 4.69) is 0 Å². The topological polar surface area (TPSA) is 0 Å². The number of alkyl halides is 3. The van der Waals surface area contributed by atoms with Crippen LogP contribution in [0.1, 0.15) is 6.42 Å². The normalized spacial score (nSPS) is 26.4. The van der Waals surface area contributed by atoms with Gasteiger partial charge in [-0.1, -0.05) is 0 Å². The van der Waals surface area contributed by atoms with Crippen molar-refractivity contribution in [2.24, 2.45) is 5.92 Å². The molecule has 1 heterocycles. The SMILES string of the molecule is FC1=CC(C(F)(F)F)CC(C2=CSC2)=C1. The summed E-state index contributed by atoms with van der Waals surface area (Å²) in [6.45, 7) is 0. The molecule has 0 saturated carbocycles. The third-order valence-corrected chi connectivity index (χ3v) is 3.34. The van der Waals surface area contributed by atoms with Gasteiger partial charge in [-0.05, 0) is 35.1 Å². The zero-order valence-corrected chi connectivity index (χ0v) is 8.46. The van der Waals surface area contributed by atoms with Crippen molar-refractivity contribution in [2.75, 3.05) is 5.75 Å². The second kappa shape index (κ2) is 3.70. The highest BCUT2D eigenvalue weighted by atomic mass is 32.2. The van der Waals surface area contributed by atoms with Gasteiger partial charge in [0.25, 0.3) is 0 Å². The number of hydrogen-bond acceptors (Lipinski definition) is 1. The van der Waals surface area contributed by atoms with E-state index < -0.39 is 17.9 Å². The Morgan fingerprint density at radius 1 is 1.27 bits per heavy atom. The molecule has 0 fully saturated rings. The van der Waals surface area contributed by atoms with Crippen LogP contribution < -0.4 is 0 Å². The van der Waals surface area contributed by atoms with E-state index in [0.717, 1.165) is 5.57 Å². The minimum absolute atomic E-state index is 0.136. The van der Waals surface area contributed by atoms with Crippen LogP contribution in [0.25, 0.3) is 0 Å². The van der Waals surface area contributed by atoms with Crippen molar-refractivity contribution in [1.82, 2.24) is 0 Å². The van der Waals surface area contributed by atoms with Crippen LogP contribution >= 0.6 is 11.8 Å². The molecular weight excluding hydrogens is 228 g/mol. The number of halogens is 4. The van der Waals surface area contributed by atoms with Gasteiger partial charge in [0, 0.05) is 5.75 Å². The summed E-state index contributed by atoms with van der Waals surface area (Å²) in [7, 11) is 0. The first kappa shape index (κ1) is 10.8. The molecule has 0 aromatic carbocycles. The van der Waals surface area contributed by atoms with Gasteiger partial charge in [0.05, 0.1) is 5.92 Å². The minimum Gasteiger partial charge on any atom is -0.207 e. The number of hydrogen-bond donors (Lipinski definition) is 0. The van der Waals surface area contributed by atoms with E-state index in [1.807, 2.05) is 0 Å². The molecule has 0 saturated heterocycles. The van der Waals surface area contributed by atoms with Crippen molar-refractivity contribution >= 4 is 11.8 Å². The summed E-state index contributed by atoms with van der Waals surface area (Å²) in [6.07, 6.45) is -2.64. The Morgan fingerprint density at radius 2 is 1.93 bits per heavy atom. The highest BCUT2D eigenvalue weighted by Gasteiger charge is 2.40. The molecule has 0 bridgehead atoms. The zero-order valence-electron chi connectivity index (χ0n) is 7.64. The van der Waals surface area contributed by atoms with Crippen molar-refractivity contribution in [3.8, 4) is 0 Å². The van der Waals surface area contributed by atoms with Crippen LogP contribution in [0.15, 0.2) is 34.5 Å². The van der Waals surface area contributed by atoms with Crippen LogP contribution in [0.4, 0.5) is 17.6 Å². The summed E-state index contributed by atoms with van der Waals surface area (Å²) in [5.41, 5.74) is 1.31. The molecule has 1 aliphatic carbocycles. The summed E-state index contributed by atoms with van der Waals surface area (Å²) in [4.78, 5) is 0. The molecule has 82 valence electrons. The third kappa shape index (κ3) is 2.27. The molecule has 1 aliphatic heterocycles. The van der Waals surface area contributed by atoms with Gasteiger partial charge >= 0.3 is 6.18 Å².